The lowest BCUT2D eigenvalue weighted by Crippen LogP contribution is -2.29. The van der Waals surface area contributed by atoms with Crippen LogP contribution in [0.15, 0.2) is 0 Å². The smallest absolute Gasteiger partial charge is 0.0850 e. The van der Waals surface area contributed by atoms with Crippen molar-refractivity contribution in [3.63, 3.8) is 0 Å². The first-order chi connectivity index (χ1) is 7.93. The number of aromatic nitrogens is 2. The molecule has 0 spiro atoms. The molecule has 2 rings (SSSR count). The van der Waals surface area contributed by atoms with Gasteiger partial charge < -0.3 is 5.11 Å². The number of aliphatic hydroxyl groups is 1. The molecule has 1 aromatic heterocycles. The lowest BCUT2D eigenvalue weighted by Gasteiger charge is -2.23. The second kappa shape index (κ2) is 4.62. The normalized spacial score (nSPS) is 19.4. The van der Waals surface area contributed by atoms with E-state index in [0.717, 1.165) is 29.3 Å². The Bertz CT molecular complexity index is 408. The molecule has 96 valence electrons. The zero-order valence-electron chi connectivity index (χ0n) is 10.8. The highest BCUT2D eigenvalue weighted by Gasteiger charge is 2.33. The molecule has 0 aromatic carbocycles. The van der Waals surface area contributed by atoms with E-state index < -0.39 is 5.60 Å². The summed E-state index contributed by atoms with van der Waals surface area (Å²) in [4.78, 5) is 0. The maximum absolute atomic E-state index is 10.4. The van der Waals surface area contributed by atoms with Crippen LogP contribution in [0.3, 0.4) is 0 Å². The number of rotatable bonds is 5. The third-order valence-corrected chi connectivity index (χ3v) is 3.91. The van der Waals surface area contributed by atoms with Gasteiger partial charge in [-0.2, -0.15) is 5.10 Å². The fourth-order valence-corrected chi connectivity index (χ4v) is 2.75. The summed E-state index contributed by atoms with van der Waals surface area (Å²) >= 11 is 6.29. The zero-order valence-corrected chi connectivity index (χ0v) is 11.6. The highest BCUT2D eigenvalue weighted by molar-refractivity contribution is 6.31. The molecule has 1 aliphatic rings. The van der Waals surface area contributed by atoms with Crippen molar-refractivity contribution in [1.82, 2.24) is 9.78 Å². The molecule has 1 aliphatic carbocycles. The minimum Gasteiger partial charge on any atom is -0.390 e. The van der Waals surface area contributed by atoms with E-state index in [4.69, 9.17) is 11.6 Å². The molecule has 0 bridgehead atoms. The van der Waals surface area contributed by atoms with Crippen molar-refractivity contribution in [1.29, 1.82) is 0 Å². The standard InChI is InChI=1S/C13H21ClN2O/c1-4-10-12(14)11(16(3)15-10)8-13(2,17)7-9-5-6-9/h9,17H,4-8H2,1-3H3. The summed E-state index contributed by atoms with van der Waals surface area (Å²) in [5, 5.41) is 15.5. The van der Waals surface area contributed by atoms with Gasteiger partial charge in [-0.15, -0.1) is 0 Å². The van der Waals surface area contributed by atoms with Crippen molar-refractivity contribution < 1.29 is 5.11 Å². The fourth-order valence-electron chi connectivity index (χ4n) is 2.39. The lowest BCUT2D eigenvalue weighted by molar-refractivity contribution is 0.0437. The van der Waals surface area contributed by atoms with Crippen LogP contribution in [0.2, 0.25) is 5.02 Å². The first-order valence-corrected chi connectivity index (χ1v) is 6.73. The molecule has 0 radical (unpaired) electrons. The topological polar surface area (TPSA) is 38.0 Å². The van der Waals surface area contributed by atoms with E-state index in [0.29, 0.717) is 12.3 Å². The van der Waals surface area contributed by atoms with E-state index >= 15 is 0 Å². The zero-order chi connectivity index (χ0) is 12.6. The van der Waals surface area contributed by atoms with E-state index in [9.17, 15) is 5.11 Å². The second-order valence-electron chi connectivity index (χ2n) is 5.51. The Morgan fingerprint density at radius 2 is 2.18 bits per heavy atom. The Balaban J connectivity index is 2.13. The molecular weight excluding hydrogens is 236 g/mol. The molecule has 0 aliphatic heterocycles. The Hall–Kier alpha value is -0.540. The minimum absolute atomic E-state index is 0.589. The molecule has 1 aromatic rings. The summed E-state index contributed by atoms with van der Waals surface area (Å²) in [6.45, 7) is 3.95. The van der Waals surface area contributed by atoms with Crippen molar-refractivity contribution in [2.75, 3.05) is 0 Å². The van der Waals surface area contributed by atoms with Gasteiger partial charge in [-0.25, -0.2) is 0 Å². The van der Waals surface area contributed by atoms with Crippen LogP contribution in [-0.4, -0.2) is 20.5 Å². The van der Waals surface area contributed by atoms with Gasteiger partial charge in [0.15, 0.2) is 0 Å². The van der Waals surface area contributed by atoms with Crippen molar-refractivity contribution in [3.05, 3.63) is 16.4 Å². The molecule has 1 fully saturated rings. The summed E-state index contributed by atoms with van der Waals surface area (Å²) in [5.41, 5.74) is 1.21. The SMILES string of the molecule is CCc1nn(C)c(CC(C)(O)CC2CC2)c1Cl. The number of halogens is 1. The first kappa shape index (κ1) is 12.9. The third-order valence-electron chi connectivity index (χ3n) is 3.48. The van der Waals surface area contributed by atoms with Crippen LogP contribution in [0.1, 0.15) is 44.5 Å². The van der Waals surface area contributed by atoms with E-state index in [1.54, 1.807) is 0 Å². The molecule has 1 unspecified atom stereocenters. The Labute approximate surface area is 108 Å². The van der Waals surface area contributed by atoms with Crippen LogP contribution >= 0.6 is 11.6 Å². The monoisotopic (exact) mass is 256 g/mol. The molecule has 1 N–H and O–H groups in total. The summed E-state index contributed by atoms with van der Waals surface area (Å²) in [6, 6.07) is 0. The van der Waals surface area contributed by atoms with Crippen molar-refractivity contribution >= 4 is 11.6 Å². The molecule has 17 heavy (non-hydrogen) atoms. The van der Waals surface area contributed by atoms with Gasteiger partial charge in [-0.05, 0) is 25.7 Å². The molecule has 1 saturated carbocycles. The van der Waals surface area contributed by atoms with Gasteiger partial charge in [0.1, 0.15) is 0 Å². The molecule has 0 amide bonds. The van der Waals surface area contributed by atoms with Crippen LogP contribution in [0.25, 0.3) is 0 Å². The molecule has 1 heterocycles. The van der Waals surface area contributed by atoms with E-state index in [-0.39, 0.29) is 0 Å². The van der Waals surface area contributed by atoms with Gasteiger partial charge in [0.2, 0.25) is 0 Å². The van der Waals surface area contributed by atoms with Crippen LogP contribution < -0.4 is 0 Å². The number of aryl methyl sites for hydroxylation is 2. The average molecular weight is 257 g/mol. The molecule has 3 nitrogen and oxygen atoms in total. The van der Waals surface area contributed by atoms with Crippen LogP contribution in [-0.2, 0) is 19.9 Å². The van der Waals surface area contributed by atoms with E-state index in [1.807, 2.05) is 25.6 Å². The van der Waals surface area contributed by atoms with Gasteiger partial charge in [0.05, 0.1) is 22.0 Å². The maximum Gasteiger partial charge on any atom is 0.0850 e. The van der Waals surface area contributed by atoms with E-state index in [2.05, 4.69) is 5.10 Å². The summed E-state index contributed by atoms with van der Waals surface area (Å²) < 4.78 is 1.81. The average Bonchev–Trinajstić information content (AvgIpc) is 2.99. The predicted octanol–water partition coefficient (Wildman–Crippen LogP) is 2.73. The van der Waals surface area contributed by atoms with Crippen LogP contribution in [0, 0.1) is 5.92 Å². The van der Waals surface area contributed by atoms with Gasteiger partial charge in [0.25, 0.3) is 0 Å². The highest BCUT2D eigenvalue weighted by atomic mass is 35.5. The maximum atomic E-state index is 10.4. The van der Waals surface area contributed by atoms with Gasteiger partial charge in [-0.1, -0.05) is 31.4 Å². The minimum atomic E-state index is -0.663. The summed E-state index contributed by atoms with van der Waals surface area (Å²) in [7, 11) is 1.90. The predicted molar refractivity (Wildman–Crippen MR) is 69.3 cm³/mol. The quantitative estimate of drug-likeness (QED) is 0.880. The van der Waals surface area contributed by atoms with Crippen molar-refractivity contribution in [3.8, 4) is 0 Å². The number of nitrogens with zero attached hydrogens (tertiary/aromatic N) is 2. The molecular formula is C13H21ClN2O. The highest BCUT2D eigenvalue weighted by Crippen LogP contribution is 2.38. The summed E-state index contributed by atoms with van der Waals surface area (Å²) in [5.74, 6) is 0.711. The Morgan fingerprint density at radius 1 is 1.53 bits per heavy atom. The van der Waals surface area contributed by atoms with Gasteiger partial charge in [0, 0.05) is 13.5 Å². The van der Waals surface area contributed by atoms with Crippen LogP contribution in [0.5, 0.6) is 0 Å². The lowest BCUT2D eigenvalue weighted by atomic mass is 9.93. The van der Waals surface area contributed by atoms with Gasteiger partial charge in [-0.3, -0.25) is 4.68 Å². The summed E-state index contributed by atoms with van der Waals surface area (Å²) in [6.07, 6.45) is 4.81. The Kier molecular flexibility index (Phi) is 3.50. The second-order valence-corrected chi connectivity index (χ2v) is 5.88. The Morgan fingerprint density at radius 3 is 2.65 bits per heavy atom. The molecule has 0 saturated heterocycles. The first-order valence-electron chi connectivity index (χ1n) is 6.35. The fraction of sp³-hybridized carbons (Fsp3) is 0.769. The van der Waals surface area contributed by atoms with Gasteiger partial charge >= 0.3 is 0 Å². The molecule has 1 atom stereocenters. The molecule has 4 heteroatoms. The number of hydrogen-bond acceptors (Lipinski definition) is 2. The number of hydrogen-bond donors (Lipinski definition) is 1. The third kappa shape index (κ3) is 3.02. The van der Waals surface area contributed by atoms with Crippen molar-refractivity contribution in [2.45, 2.75) is 51.6 Å². The van der Waals surface area contributed by atoms with Crippen LogP contribution in [0.4, 0.5) is 0 Å². The van der Waals surface area contributed by atoms with Crippen molar-refractivity contribution in [2.24, 2.45) is 13.0 Å². The van der Waals surface area contributed by atoms with E-state index in [1.165, 1.54) is 12.8 Å². The largest absolute Gasteiger partial charge is 0.390 e.